The Balaban J connectivity index is 1.26. The van der Waals surface area contributed by atoms with E-state index < -0.39 is 0 Å². The number of aromatic nitrogens is 2. The lowest BCUT2D eigenvalue weighted by atomic mass is 9.97. The Bertz CT molecular complexity index is 1190. The number of ether oxygens (including phenoxy) is 2. The lowest BCUT2D eigenvalue weighted by molar-refractivity contribution is -0.145. The minimum absolute atomic E-state index is 0.0254. The van der Waals surface area contributed by atoms with E-state index in [0.29, 0.717) is 18.3 Å². The number of hydrogen-bond donors (Lipinski definition) is 1. The molecule has 0 bridgehead atoms. The van der Waals surface area contributed by atoms with Gasteiger partial charge in [0.05, 0.1) is 35.5 Å². The van der Waals surface area contributed by atoms with Crippen LogP contribution in [0.15, 0.2) is 18.2 Å². The quantitative estimate of drug-likeness (QED) is 0.522. The molecule has 2 aromatic heterocycles. The van der Waals surface area contributed by atoms with Crippen LogP contribution in [-0.4, -0.2) is 48.7 Å². The van der Waals surface area contributed by atoms with Crippen LogP contribution in [0, 0.1) is 5.92 Å². The number of rotatable bonds is 6. The summed E-state index contributed by atoms with van der Waals surface area (Å²) in [4.78, 5) is 37.9. The van der Waals surface area contributed by atoms with Gasteiger partial charge >= 0.3 is 5.97 Å². The fraction of sp³-hybridized carbons (Fsp3) is 0.478. The maximum atomic E-state index is 13.0. The molecule has 1 aliphatic carbocycles. The zero-order chi connectivity index (χ0) is 22.9. The van der Waals surface area contributed by atoms with E-state index in [1.54, 1.807) is 25.4 Å². The van der Waals surface area contributed by atoms with Gasteiger partial charge < -0.3 is 19.7 Å². The lowest BCUT2D eigenvalue weighted by Gasteiger charge is -2.31. The molecule has 1 saturated heterocycles. The Kier molecular flexibility index (Phi) is 6.20. The third kappa shape index (κ3) is 4.41. The molecule has 33 heavy (non-hydrogen) atoms. The fourth-order valence-electron chi connectivity index (χ4n) is 4.48. The smallest absolute Gasteiger partial charge is 0.315 e. The standard InChI is InChI=1S/C23H26N4O4S2/c1-3-31-21(29)15-7-9-17-19(15)25-22(32-17)26-20(28)13-5-4-10-27(12-13)23-24-16-8-6-14(30-2)11-18(16)33-23/h6,8,11,13,15H,3-5,7,9-10,12H2,1-2H3,(H,25,26,28). The number of aryl methyl sites for hydroxylation is 1. The molecule has 174 valence electrons. The second-order valence-corrected chi connectivity index (χ2v) is 10.4. The van der Waals surface area contributed by atoms with Crippen LogP contribution in [0.2, 0.25) is 0 Å². The highest BCUT2D eigenvalue weighted by atomic mass is 32.1. The van der Waals surface area contributed by atoms with E-state index >= 15 is 0 Å². The van der Waals surface area contributed by atoms with Gasteiger partial charge in [-0.2, -0.15) is 0 Å². The molecule has 2 aliphatic rings. The highest BCUT2D eigenvalue weighted by Crippen LogP contribution is 2.39. The summed E-state index contributed by atoms with van der Waals surface area (Å²) >= 11 is 3.09. The topological polar surface area (TPSA) is 93.7 Å². The number of esters is 1. The molecule has 1 amide bonds. The van der Waals surface area contributed by atoms with Gasteiger partial charge in [0, 0.05) is 18.0 Å². The molecule has 0 radical (unpaired) electrons. The Hall–Kier alpha value is -2.72. The highest BCUT2D eigenvalue weighted by molar-refractivity contribution is 7.22. The molecule has 1 fully saturated rings. The number of nitrogens with one attached hydrogen (secondary N) is 1. The van der Waals surface area contributed by atoms with Gasteiger partial charge in [0.25, 0.3) is 0 Å². The second kappa shape index (κ2) is 9.26. The number of nitrogens with zero attached hydrogens (tertiary/aromatic N) is 3. The first kappa shape index (κ1) is 22.1. The molecule has 1 N–H and O–H groups in total. The van der Waals surface area contributed by atoms with E-state index in [-0.39, 0.29) is 23.7 Å². The van der Waals surface area contributed by atoms with Crippen LogP contribution in [0.25, 0.3) is 10.2 Å². The normalized spacial score (nSPS) is 20.0. The molecule has 0 spiro atoms. The van der Waals surface area contributed by atoms with E-state index in [2.05, 4.69) is 15.2 Å². The van der Waals surface area contributed by atoms with Gasteiger partial charge in [-0.05, 0) is 50.8 Å². The third-order valence-electron chi connectivity index (χ3n) is 6.17. The van der Waals surface area contributed by atoms with Crippen molar-refractivity contribution in [3.8, 4) is 5.75 Å². The molecule has 3 aromatic rings. The summed E-state index contributed by atoms with van der Waals surface area (Å²) in [5.41, 5.74) is 1.71. The molecule has 2 atom stereocenters. The number of piperidine rings is 1. The van der Waals surface area contributed by atoms with Crippen molar-refractivity contribution in [3.63, 3.8) is 0 Å². The Morgan fingerprint density at radius 3 is 2.94 bits per heavy atom. The summed E-state index contributed by atoms with van der Waals surface area (Å²) in [5.74, 6) is 0.108. The summed E-state index contributed by atoms with van der Waals surface area (Å²) in [6.45, 7) is 3.67. The van der Waals surface area contributed by atoms with Gasteiger partial charge in [0.15, 0.2) is 10.3 Å². The number of anilines is 2. The second-order valence-electron chi connectivity index (χ2n) is 8.28. The van der Waals surface area contributed by atoms with Crippen LogP contribution in [0.1, 0.15) is 42.7 Å². The molecule has 8 nitrogen and oxygen atoms in total. The van der Waals surface area contributed by atoms with Gasteiger partial charge in [-0.3, -0.25) is 9.59 Å². The Morgan fingerprint density at radius 1 is 1.24 bits per heavy atom. The lowest BCUT2D eigenvalue weighted by Crippen LogP contribution is -2.40. The van der Waals surface area contributed by atoms with Crippen molar-refractivity contribution < 1.29 is 19.1 Å². The Morgan fingerprint density at radius 2 is 2.12 bits per heavy atom. The molecule has 5 rings (SSSR count). The van der Waals surface area contributed by atoms with Crippen LogP contribution in [0.4, 0.5) is 10.3 Å². The number of amides is 1. The SMILES string of the molecule is CCOC(=O)C1CCc2sc(NC(=O)C3CCCN(c4nc5ccc(OC)cc5s4)C3)nc21. The van der Waals surface area contributed by atoms with Crippen LogP contribution in [0.5, 0.6) is 5.75 Å². The number of fused-ring (bicyclic) bond motifs is 2. The van der Waals surface area contributed by atoms with Crippen molar-refractivity contribution in [2.24, 2.45) is 5.92 Å². The maximum absolute atomic E-state index is 13.0. The van der Waals surface area contributed by atoms with Crippen molar-refractivity contribution >= 4 is 55.0 Å². The van der Waals surface area contributed by atoms with Gasteiger partial charge in [-0.15, -0.1) is 11.3 Å². The Labute approximate surface area is 199 Å². The zero-order valence-electron chi connectivity index (χ0n) is 18.6. The van der Waals surface area contributed by atoms with Gasteiger partial charge in [-0.25, -0.2) is 9.97 Å². The summed E-state index contributed by atoms with van der Waals surface area (Å²) in [6, 6.07) is 5.87. The molecule has 1 aliphatic heterocycles. The number of benzene rings is 1. The molecule has 1 aromatic carbocycles. The number of hydrogen-bond acceptors (Lipinski definition) is 9. The fourth-order valence-corrected chi connectivity index (χ4v) is 6.55. The summed E-state index contributed by atoms with van der Waals surface area (Å²) in [6.07, 6.45) is 3.28. The molecule has 10 heteroatoms. The average Bonchev–Trinajstić information content (AvgIpc) is 3.52. The van der Waals surface area contributed by atoms with Crippen LogP contribution >= 0.6 is 22.7 Å². The van der Waals surface area contributed by atoms with E-state index in [4.69, 9.17) is 14.5 Å². The van der Waals surface area contributed by atoms with Gasteiger partial charge in [-0.1, -0.05) is 11.3 Å². The predicted octanol–water partition coefficient (Wildman–Crippen LogP) is 4.21. The average molecular weight is 487 g/mol. The first-order chi connectivity index (χ1) is 16.1. The van der Waals surface area contributed by atoms with Crippen molar-refractivity contribution in [2.45, 2.75) is 38.5 Å². The van der Waals surface area contributed by atoms with Crippen molar-refractivity contribution in [2.75, 3.05) is 37.0 Å². The van der Waals surface area contributed by atoms with Gasteiger partial charge in [0.2, 0.25) is 5.91 Å². The summed E-state index contributed by atoms with van der Waals surface area (Å²) in [7, 11) is 1.66. The molecule has 3 heterocycles. The summed E-state index contributed by atoms with van der Waals surface area (Å²) < 4.78 is 11.6. The number of carbonyl (C=O) groups excluding carboxylic acids is 2. The highest BCUT2D eigenvalue weighted by Gasteiger charge is 2.34. The number of thiazole rings is 2. The zero-order valence-corrected chi connectivity index (χ0v) is 20.3. The van der Waals surface area contributed by atoms with Gasteiger partial charge in [0.1, 0.15) is 11.7 Å². The summed E-state index contributed by atoms with van der Waals surface area (Å²) in [5, 5.41) is 4.51. The van der Waals surface area contributed by atoms with Crippen LogP contribution in [0.3, 0.4) is 0 Å². The van der Waals surface area contributed by atoms with Crippen molar-refractivity contribution in [1.82, 2.24) is 9.97 Å². The first-order valence-electron chi connectivity index (χ1n) is 11.2. The molecule has 0 saturated carbocycles. The van der Waals surface area contributed by atoms with Crippen molar-refractivity contribution in [1.29, 1.82) is 0 Å². The molecular formula is C23H26N4O4S2. The van der Waals surface area contributed by atoms with Crippen molar-refractivity contribution in [3.05, 3.63) is 28.8 Å². The van der Waals surface area contributed by atoms with E-state index in [1.807, 2.05) is 18.2 Å². The third-order valence-corrected chi connectivity index (χ3v) is 8.29. The first-order valence-corrected chi connectivity index (χ1v) is 12.9. The molecule has 2 unspecified atom stereocenters. The van der Waals surface area contributed by atoms with Crippen LogP contribution < -0.4 is 15.0 Å². The maximum Gasteiger partial charge on any atom is 0.315 e. The predicted molar refractivity (Wildman–Crippen MR) is 130 cm³/mol. The number of methoxy groups -OCH3 is 1. The van der Waals surface area contributed by atoms with Crippen LogP contribution in [-0.2, 0) is 20.7 Å². The molecular weight excluding hydrogens is 460 g/mol. The minimum Gasteiger partial charge on any atom is -0.497 e. The van der Waals surface area contributed by atoms with E-state index in [1.165, 1.54) is 11.3 Å². The minimum atomic E-state index is -0.315. The van der Waals surface area contributed by atoms with E-state index in [9.17, 15) is 9.59 Å². The monoisotopic (exact) mass is 486 g/mol. The van der Waals surface area contributed by atoms with E-state index in [0.717, 1.165) is 63.9 Å². The number of carbonyl (C=O) groups is 2. The largest absolute Gasteiger partial charge is 0.497 e.